The smallest absolute Gasteiger partial charge is 0.355 e. The van der Waals surface area contributed by atoms with Crippen molar-refractivity contribution in [2.75, 3.05) is 33.6 Å². The van der Waals surface area contributed by atoms with E-state index in [2.05, 4.69) is 35.7 Å². The number of esters is 1. The molecule has 0 unspecified atom stereocenters. The lowest BCUT2D eigenvalue weighted by Gasteiger charge is -2.21. The second-order valence-electron chi connectivity index (χ2n) is 12.7. The van der Waals surface area contributed by atoms with E-state index in [1.54, 1.807) is 0 Å². The number of benzene rings is 3. The van der Waals surface area contributed by atoms with Crippen molar-refractivity contribution >= 4 is 52.2 Å². The second kappa shape index (κ2) is 17.4. The SMILES string of the molecule is CF.Cc1nn(C)c(C)c1-c1c(Cl)ccc2c(CCCOc3cccc4ccccc34)c(C(=O)OC(C)(C)C)n(CCCOCCOS)c12. The molecule has 264 valence electrons. The molecular formula is C38H47ClFN3O5S. The Labute approximate surface area is 299 Å². The molecule has 0 amide bonds. The molecule has 0 N–H and O–H groups in total. The average molecular weight is 712 g/mol. The Bertz CT molecular complexity index is 1880. The molecule has 0 atom stereocenters. The van der Waals surface area contributed by atoms with Crippen molar-refractivity contribution in [2.45, 2.75) is 66.0 Å². The first kappa shape index (κ1) is 38.2. The molecule has 2 aromatic heterocycles. The maximum absolute atomic E-state index is 14.1. The number of carbonyl (C=O) groups excluding carboxylic acids is 1. The van der Waals surface area contributed by atoms with Crippen LogP contribution >= 0.6 is 24.5 Å². The number of thiol groups is 1. The highest BCUT2D eigenvalue weighted by atomic mass is 35.5. The van der Waals surface area contributed by atoms with Gasteiger partial charge in [-0.25, -0.2) is 4.79 Å². The third-order valence-corrected chi connectivity index (χ3v) is 8.69. The number of rotatable bonds is 14. The second-order valence-corrected chi connectivity index (χ2v) is 13.4. The molecule has 0 aliphatic heterocycles. The van der Waals surface area contributed by atoms with Gasteiger partial charge in [-0.05, 0) is 89.9 Å². The zero-order valence-electron chi connectivity index (χ0n) is 29.4. The van der Waals surface area contributed by atoms with Gasteiger partial charge >= 0.3 is 5.97 Å². The van der Waals surface area contributed by atoms with Crippen molar-refractivity contribution < 1.29 is 27.6 Å². The number of hydrogen-bond acceptors (Lipinski definition) is 7. The lowest BCUT2D eigenvalue weighted by Crippen LogP contribution is -2.26. The summed E-state index contributed by atoms with van der Waals surface area (Å²) in [5.41, 5.74) is 5.33. The summed E-state index contributed by atoms with van der Waals surface area (Å²) in [5.74, 6) is 0.475. The van der Waals surface area contributed by atoms with E-state index in [1.807, 2.05) is 82.7 Å². The Morgan fingerprint density at radius 1 is 0.918 bits per heavy atom. The van der Waals surface area contributed by atoms with Gasteiger partial charge in [-0.1, -0.05) is 54.1 Å². The molecule has 49 heavy (non-hydrogen) atoms. The van der Waals surface area contributed by atoms with Crippen molar-refractivity contribution in [3.8, 4) is 16.9 Å². The van der Waals surface area contributed by atoms with Gasteiger partial charge in [-0.3, -0.25) is 9.07 Å². The van der Waals surface area contributed by atoms with E-state index in [4.69, 9.17) is 35.1 Å². The van der Waals surface area contributed by atoms with E-state index in [-0.39, 0.29) is 5.97 Å². The monoisotopic (exact) mass is 711 g/mol. The minimum absolute atomic E-state index is 0.371. The van der Waals surface area contributed by atoms with Gasteiger partial charge in [-0.2, -0.15) is 5.10 Å². The van der Waals surface area contributed by atoms with Gasteiger partial charge in [0.15, 0.2) is 0 Å². The first-order chi connectivity index (χ1) is 23.5. The molecule has 0 bridgehead atoms. The number of nitrogens with zero attached hydrogens (tertiary/aromatic N) is 3. The first-order valence-electron chi connectivity index (χ1n) is 16.4. The molecule has 0 fully saturated rings. The van der Waals surface area contributed by atoms with Crippen LogP contribution in [-0.2, 0) is 33.7 Å². The molecule has 3 aromatic carbocycles. The van der Waals surface area contributed by atoms with Gasteiger partial charge in [0.1, 0.15) is 17.0 Å². The zero-order valence-corrected chi connectivity index (χ0v) is 31.1. The van der Waals surface area contributed by atoms with Crippen LogP contribution < -0.4 is 4.74 Å². The summed E-state index contributed by atoms with van der Waals surface area (Å²) in [7, 11) is 2.43. The van der Waals surface area contributed by atoms with E-state index in [9.17, 15) is 9.18 Å². The van der Waals surface area contributed by atoms with Crippen LogP contribution in [-0.4, -0.2) is 59.5 Å². The molecule has 5 aromatic rings. The number of carbonyl (C=O) groups is 1. The molecule has 5 rings (SSSR count). The van der Waals surface area contributed by atoms with Gasteiger partial charge in [0.05, 0.1) is 43.2 Å². The fourth-order valence-electron chi connectivity index (χ4n) is 6.18. The third kappa shape index (κ3) is 8.97. The largest absolute Gasteiger partial charge is 0.493 e. The van der Waals surface area contributed by atoms with Crippen LogP contribution in [0.4, 0.5) is 4.39 Å². The number of aromatic nitrogens is 3. The van der Waals surface area contributed by atoms with Crippen molar-refractivity contribution in [3.63, 3.8) is 0 Å². The molecule has 0 saturated heterocycles. The van der Waals surface area contributed by atoms with E-state index >= 15 is 0 Å². The molecule has 8 nitrogen and oxygen atoms in total. The minimum atomic E-state index is -0.680. The Balaban J connectivity index is 0.00000265. The Morgan fingerprint density at radius 2 is 1.65 bits per heavy atom. The molecule has 0 spiro atoms. The van der Waals surface area contributed by atoms with E-state index in [0.29, 0.717) is 70.1 Å². The summed E-state index contributed by atoms with van der Waals surface area (Å²) in [6.07, 6.45) is 1.95. The highest BCUT2D eigenvalue weighted by Crippen LogP contribution is 2.42. The predicted molar refractivity (Wildman–Crippen MR) is 199 cm³/mol. The average Bonchev–Trinajstić information content (AvgIpc) is 3.52. The van der Waals surface area contributed by atoms with Crippen LogP contribution in [0.3, 0.4) is 0 Å². The van der Waals surface area contributed by atoms with Crippen molar-refractivity contribution in [3.05, 3.63) is 82.3 Å². The van der Waals surface area contributed by atoms with E-state index in [1.165, 1.54) is 0 Å². The topological polar surface area (TPSA) is 76.7 Å². The molecular weight excluding hydrogens is 665 g/mol. The lowest BCUT2D eigenvalue weighted by atomic mass is 9.98. The van der Waals surface area contributed by atoms with Crippen LogP contribution in [0.15, 0.2) is 54.6 Å². The van der Waals surface area contributed by atoms with Gasteiger partial charge in [-0.15, -0.1) is 0 Å². The molecule has 0 aliphatic carbocycles. The molecule has 0 aliphatic rings. The Morgan fingerprint density at radius 3 is 2.35 bits per heavy atom. The van der Waals surface area contributed by atoms with Crippen LogP contribution in [0.1, 0.15) is 61.1 Å². The van der Waals surface area contributed by atoms with Gasteiger partial charge in [0, 0.05) is 47.8 Å². The molecule has 0 radical (unpaired) electrons. The Hall–Kier alpha value is -3.57. The molecule has 2 heterocycles. The predicted octanol–water partition coefficient (Wildman–Crippen LogP) is 9.29. The summed E-state index contributed by atoms with van der Waals surface area (Å²) in [4.78, 5) is 14.1. The van der Waals surface area contributed by atoms with E-state index < -0.39 is 5.60 Å². The number of ether oxygens (including phenoxy) is 3. The summed E-state index contributed by atoms with van der Waals surface area (Å²) >= 11 is 10.8. The minimum Gasteiger partial charge on any atom is -0.493 e. The lowest BCUT2D eigenvalue weighted by molar-refractivity contribution is 0.00559. The first-order valence-corrected chi connectivity index (χ1v) is 17.2. The van der Waals surface area contributed by atoms with Gasteiger partial charge in [0.2, 0.25) is 0 Å². The normalized spacial score (nSPS) is 11.6. The van der Waals surface area contributed by atoms with Crippen molar-refractivity contribution in [1.82, 2.24) is 14.3 Å². The number of alkyl halides is 1. The van der Waals surface area contributed by atoms with E-state index in [0.717, 1.165) is 55.5 Å². The zero-order chi connectivity index (χ0) is 35.7. The van der Waals surface area contributed by atoms with Gasteiger partial charge < -0.3 is 23.0 Å². The molecule has 0 saturated carbocycles. The summed E-state index contributed by atoms with van der Waals surface area (Å²) in [6, 6.07) is 18.2. The number of aryl methyl sites for hydroxylation is 4. The Kier molecular flexibility index (Phi) is 13.6. The fourth-order valence-corrected chi connectivity index (χ4v) is 6.50. The van der Waals surface area contributed by atoms with Gasteiger partial charge in [0.25, 0.3) is 0 Å². The highest BCUT2D eigenvalue weighted by Gasteiger charge is 2.30. The summed E-state index contributed by atoms with van der Waals surface area (Å²) in [5, 5.41) is 8.46. The summed E-state index contributed by atoms with van der Waals surface area (Å²) < 4.78 is 36.4. The standard InChI is InChI=1S/C37H44ClN3O5S.CH3F/c1-24-32(25(2)40(6)39-24)33-30(38)18-17-29-28(15-10-21-44-31-16-9-13-26-12-7-8-14-27(26)31)35(36(42)46-37(3,4)5)41(34(29)33)19-11-20-43-22-23-45-47;1-2/h7-9,12-14,16-18,47H,10-11,15,19-23H2,1-6H3;1H3. The maximum Gasteiger partial charge on any atom is 0.355 e. The number of halogens is 2. The van der Waals surface area contributed by atoms with Crippen LogP contribution in [0.2, 0.25) is 5.02 Å². The quantitative estimate of drug-likeness (QED) is 0.0536. The van der Waals surface area contributed by atoms with Crippen LogP contribution in [0, 0.1) is 13.8 Å². The summed E-state index contributed by atoms with van der Waals surface area (Å²) in [6.45, 7) is 12.0. The van der Waals surface area contributed by atoms with Crippen molar-refractivity contribution in [2.24, 2.45) is 7.05 Å². The van der Waals surface area contributed by atoms with Crippen LogP contribution in [0.25, 0.3) is 32.8 Å². The maximum atomic E-state index is 14.1. The number of fused-ring (bicyclic) bond motifs is 2. The van der Waals surface area contributed by atoms with Crippen LogP contribution in [0.5, 0.6) is 5.75 Å². The van der Waals surface area contributed by atoms with Crippen molar-refractivity contribution in [1.29, 1.82) is 0 Å². The number of hydrogen-bond donors (Lipinski definition) is 1. The third-order valence-electron chi connectivity index (χ3n) is 8.20. The highest BCUT2D eigenvalue weighted by molar-refractivity contribution is 7.75. The molecule has 11 heteroatoms. The fraction of sp³-hybridized carbons (Fsp3) is 0.421.